The van der Waals surface area contributed by atoms with E-state index < -0.39 is 37.2 Å². The van der Waals surface area contributed by atoms with E-state index in [2.05, 4.69) is 3.32 Å². The van der Waals surface area contributed by atoms with Gasteiger partial charge in [-0.2, -0.15) is 0 Å². The molecule has 0 radical (unpaired) electrons. The minimum atomic E-state index is -1.28. The average molecular weight is 480 g/mol. The molecule has 0 aromatic heterocycles. The Morgan fingerprint density at radius 2 is 0.774 bits per heavy atom. The molecule has 176 valence electrons. The summed E-state index contributed by atoms with van der Waals surface area (Å²) in [7, 11) is 0. The summed E-state index contributed by atoms with van der Waals surface area (Å²) in [5, 5.41) is 29.3. The van der Waals surface area contributed by atoms with Crippen LogP contribution in [0.15, 0.2) is 0 Å². The molecule has 0 aliphatic heterocycles. The topological polar surface area (TPSA) is 181 Å². The molecular weight excluding hydrogens is 448 g/mol. The Balaban J connectivity index is -0.000000162. The van der Waals surface area contributed by atoms with Gasteiger partial charge in [-0.1, -0.05) is 20.8 Å². The van der Waals surface area contributed by atoms with Crippen LogP contribution in [0.25, 0.3) is 0 Å². The SMILES string of the molecule is CCCC(=O)CC(=O)[O-].CCCC(=O)CC(=O)[O-].CCCC(=O)CC(=O)[O-].CC[O][Ti+3]. The van der Waals surface area contributed by atoms with Gasteiger partial charge in [0.1, 0.15) is 17.3 Å². The van der Waals surface area contributed by atoms with Crippen LogP contribution in [-0.4, -0.2) is 41.9 Å². The van der Waals surface area contributed by atoms with Crippen molar-refractivity contribution in [1.29, 1.82) is 0 Å². The number of Topliss-reactive ketones (excluding diaryl/α,β-unsaturated/α-hetero) is 3. The van der Waals surface area contributed by atoms with Gasteiger partial charge >= 0.3 is 37.7 Å². The van der Waals surface area contributed by atoms with E-state index in [1.165, 1.54) is 0 Å². The third-order valence-corrected chi connectivity index (χ3v) is 3.21. The number of aliphatic carboxylic acids is 3. The van der Waals surface area contributed by atoms with Gasteiger partial charge < -0.3 is 29.7 Å². The second-order valence-electron chi connectivity index (χ2n) is 5.95. The fraction of sp³-hybridized carbons (Fsp3) is 0.700. The van der Waals surface area contributed by atoms with Crippen molar-refractivity contribution < 1.29 is 68.2 Å². The molecule has 0 aliphatic carbocycles. The van der Waals surface area contributed by atoms with Crippen molar-refractivity contribution in [2.75, 3.05) is 6.61 Å². The molecule has 0 spiro atoms. The Morgan fingerprint density at radius 3 is 0.871 bits per heavy atom. The Hall–Kier alpha value is -1.91. The summed E-state index contributed by atoms with van der Waals surface area (Å²) >= 11 is 1.68. The first kappa shape index (κ1) is 36.5. The third-order valence-electron chi connectivity index (χ3n) is 2.76. The number of ketones is 3. The zero-order chi connectivity index (χ0) is 25.2. The maximum absolute atomic E-state index is 10.4. The van der Waals surface area contributed by atoms with Gasteiger partial charge in [-0.3, -0.25) is 14.4 Å². The van der Waals surface area contributed by atoms with Gasteiger partial charge in [-0.15, -0.1) is 0 Å². The van der Waals surface area contributed by atoms with Crippen LogP contribution < -0.4 is 15.3 Å². The second-order valence-corrected chi connectivity index (χ2v) is 6.40. The summed E-state index contributed by atoms with van der Waals surface area (Å²) in [6.45, 7) is 8.26. The van der Waals surface area contributed by atoms with Gasteiger partial charge in [0.05, 0.1) is 0 Å². The molecule has 0 heterocycles. The van der Waals surface area contributed by atoms with Gasteiger partial charge in [-0.25, -0.2) is 0 Å². The molecule has 0 aromatic rings. The van der Waals surface area contributed by atoms with Crippen LogP contribution in [0.5, 0.6) is 0 Å². The van der Waals surface area contributed by atoms with Crippen LogP contribution in [0.3, 0.4) is 0 Å². The first-order chi connectivity index (χ1) is 14.4. The molecule has 11 heteroatoms. The Morgan fingerprint density at radius 1 is 0.581 bits per heavy atom. The second kappa shape index (κ2) is 28.1. The first-order valence-corrected chi connectivity index (χ1v) is 10.5. The summed E-state index contributed by atoms with van der Waals surface area (Å²) in [6.07, 6.45) is 1.82. The molecule has 0 aliphatic rings. The molecule has 0 N–H and O–H groups in total. The number of hydrogen-bond acceptors (Lipinski definition) is 10. The summed E-state index contributed by atoms with van der Waals surface area (Å²) in [6, 6.07) is 0. The van der Waals surface area contributed by atoms with Crippen LogP contribution in [0.4, 0.5) is 0 Å². The quantitative estimate of drug-likeness (QED) is 0.234. The predicted molar refractivity (Wildman–Crippen MR) is 100 cm³/mol. The molecule has 0 saturated heterocycles. The van der Waals surface area contributed by atoms with Crippen LogP contribution in [0, 0.1) is 0 Å². The van der Waals surface area contributed by atoms with Crippen molar-refractivity contribution >= 4 is 35.3 Å². The van der Waals surface area contributed by atoms with E-state index in [-0.39, 0.29) is 17.3 Å². The summed E-state index contributed by atoms with van der Waals surface area (Å²) < 4.78 is 4.54. The van der Waals surface area contributed by atoms with Crippen LogP contribution in [-0.2, 0) is 52.9 Å². The molecule has 10 nitrogen and oxygen atoms in total. The van der Waals surface area contributed by atoms with Crippen molar-refractivity contribution in [2.45, 2.75) is 85.5 Å². The van der Waals surface area contributed by atoms with E-state index in [1.54, 1.807) is 20.8 Å². The number of carbonyl (C=O) groups is 6. The number of carboxylic acids is 3. The van der Waals surface area contributed by atoms with Crippen molar-refractivity contribution in [1.82, 2.24) is 0 Å². The molecule has 0 aromatic carbocycles. The van der Waals surface area contributed by atoms with Crippen LogP contribution in [0.2, 0.25) is 0 Å². The van der Waals surface area contributed by atoms with Crippen molar-refractivity contribution in [3.8, 4) is 0 Å². The zero-order valence-electron chi connectivity index (χ0n) is 18.7. The number of carbonyl (C=O) groups excluding carboxylic acids is 6. The van der Waals surface area contributed by atoms with E-state index in [4.69, 9.17) is 0 Å². The predicted octanol–water partition coefficient (Wildman–Crippen LogP) is -1.03. The van der Waals surface area contributed by atoms with E-state index in [0.717, 1.165) is 6.61 Å². The fourth-order valence-corrected chi connectivity index (χ4v) is 1.58. The van der Waals surface area contributed by atoms with Crippen molar-refractivity contribution in [3.63, 3.8) is 0 Å². The van der Waals surface area contributed by atoms with Crippen LogP contribution >= 0.6 is 0 Å². The van der Waals surface area contributed by atoms with Gasteiger partial charge in [0, 0.05) is 56.4 Å². The molecule has 0 fully saturated rings. The summed E-state index contributed by atoms with van der Waals surface area (Å²) in [4.78, 5) is 60.6. The molecule has 0 rings (SSSR count). The average Bonchev–Trinajstić information content (AvgIpc) is 2.61. The molecule has 0 amide bonds. The monoisotopic (exact) mass is 480 g/mol. The standard InChI is InChI=1S/3C6H10O3.C2H5O.Ti/c3*1-2-3-5(7)4-6(8)9;1-2-3;/h3*2-4H2,1H3,(H,8,9);2H2,1H3;/q;;;-1;+4/p-3. The first-order valence-electron chi connectivity index (χ1n) is 9.84. The number of carboxylic acid groups (broad SMARTS) is 3. The zero-order valence-corrected chi connectivity index (χ0v) is 20.2. The van der Waals surface area contributed by atoms with Gasteiger partial charge in [-0.05, 0) is 19.3 Å². The minimum absolute atomic E-state index is 0.252. The Labute approximate surface area is 195 Å². The molecule has 31 heavy (non-hydrogen) atoms. The van der Waals surface area contributed by atoms with E-state index in [0.29, 0.717) is 38.5 Å². The normalized spacial score (nSPS) is 8.84. The number of hydrogen-bond donors (Lipinski definition) is 0. The number of rotatable bonds is 13. The Kier molecular flexibility index (Phi) is 33.0. The van der Waals surface area contributed by atoms with Gasteiger partial charge in [0.15, 0.2) is 0 Å². The van der Waals surface area contributed by atoms with Crippen molar-refractivity contribution in [3.05, 3.63) is 0 Å². The maximum atomic E-state index is 10.4. The molecular formula is C20H32O10Ti. The molecule has 0 unspecified atom stereocenters. The third kappa shape index (κ3) is 47.4. The molecule has 0 saturated carbocycles. The van der Waals surface area contributed by atoms with Crippen molar-refractivity contribution in [2.24, 2.45) is 0 Å². The van der Waals surface area contributed by atoms with Gasteiger partial charge in [0.2, 0.25) is 0 Å². The summed E-state index contributed by atoms with van der Waals surface area (Å²) in [5.41, 5.74) is 0. The fourth-order valence-electron chi connectivity index (χ4n) is 1.58. The van der Waals surface area contributed by atoms with Gasteiger partial charge in [0.25, 0.3) is 0 Å². The molecule has 0 bridgehead atoms. The van der Waals surface area contributed by atoms with E-state index >= 15 is 0 Å². The van der Waals surface area contributed by atoms with Crippen LogP contribution in [0.1, 0.15) is 85.5 Å². The molecule has 0 atom stereocenters. The van der Waals surface area contributed by atoms with E-state index in [9.17, 15) is 44.1 Å². The van der Waals surface area contributed by atoms with E-state index in [1.807, 2.05) is 27.7 Å². The Bertz CT molecular complexity index is 459. The summed E-state index contributed by atoms with van der Waals surface area (Å²) in [5.74, 6) is -4.61.